The Morgan fingerprint density at radius 2 is 2.57 bits per heavy atom. The summed E-state index contributed by atoms with van der Waals surface area (Å²) < 4.78 is 5.34. The van der Waals surface area contributed by atoms with Crippen LogP contribution in [0.25, 0.3) is 0 Å². The molecule has 1 fully saturated rings. The van der Waals surface area contributed by atoms with E-state index in [1.165, 1.54) is 25.0 Å². The van der Waals surface area contributed by atoms with Gasteiger partial charge in [-0.25, -0.2) is 0 Å². The Hall–Kier alpha value is -0.220. The number of hydrogen-bond acceptors (Lipinski definition) is 4. The highest BCUT2D eigenvalue weighted by atomic mass is 32.2. The van der Waals surface area contributed by atoms with Gasteiger partial charge in [-0.3, -0.25) is 4.99 Å². The monoisotopic (exact) mass is 214 g/mol. The van der Waals surface area contributed by atoms with Gasteiger partial charge in [-0.05, 0) is 25.2 Å². The Morgan fingerprint density at radius 1 is 1.57 bits per heavy atom. The van der Waals surface area contributed by atoms with Gasteiger partial charge in [0.25, 0.3) is 0 Å². The van der Waals surface area contributed by atoms with E-state index in [9.17, 15) is 0 Å². The van der Waals surface area contributed by atoms with Gasteiger partial charge in [-0.15, -0.1) is 0 Å². The molecule has 0 radical (unpaired) electrons. The molecule has 1 saturated heterocycles. The number of ether oxygens (including phenoxy) is 1. The molecule has 0 aromatic heterocycles. The first kappa shape index (κ1) is 10.3. The highest BCUT2D eigenvalue weighted by Crippen LogP contribution is 2.16. The lowest BCUT2D eigenvalue weighted by Gasteiger charge is -2.14. The second-order valence-electron chi connectivity index (χ2n) is 3.83. The standard InChI is InChI=1S/C10H18N2OS/c1-4-11-10(14-7-1)12-5-2-9-3-6-13-8-9/h9H,1-8H2,(H,11,12). The molecule has 2 heterocycles. The maximum atomic E-state index is 5.34. The third-order valence-corrected chi connectivity index (χ3v) is 3.69. The van der Waals surface area contributed by atoms with E-state index in [4.69, 9.17) is 4.74 Å². The molecule has 1 unspecified atom stereocenters. The molecule has 1 N–H and O–H groups in total. The minimum atomic E-state index is 0.775. The van der Waals surface area contributed by atoms with Gasteiger partial charge in [-0.1, -0.05) is 11.8 Å². The molecule has 0 aliphatic carbocycles. The topological polar surface area (TPSA) is 33.6 Å². The van der Waals surface area contributed by atoms with Crippen LogP contribution in [0, 0.1) is 5.92 Å². The predicted molar refractivity (Wildman–Crippen MR) is 60.9 cm³/mol. The van der Waals surface area contributed by atoms with Crippen LogP contribution in [0.15, 0.2) is 4.99 Å². The Morgan fingerprint density at radius 3 is 3.29 bits per heavy atom. The number of aliphatic imine (C=N–C) groups is 1. The fourth-order valence-electron chi connectivity index (χ4n) is 1.76. The van der Waals surface area contributed by atoms with Crippen LogP contribution in [0.4, 0.5) is 0 Å². The average Bonchev–Trinajstić information content (AvgIpc) is 2.72. The summed E-state index contributed by atoms with van der Waals surface area (Å²) in [6.07, 6.45) is 3.69. The van der Waals surface area contributed by atoms with Crippen LogP contribution < -0.4 is 5.32 Å². The van der Waals surface area contributed by atoms with Crippen molar-refractivity contribution in [1.82, 2.24) is 5.32 Å². The fraction of sp³-hybridized carbons (Fsp3) is 0.900. The number of nitrogens with zero attached hydrogens (tertiary/aromatic N) is 1. The maximum absolute atomic E-state index is 5.34. The molecule has 0 aromatic carbocycles. The van der Waals surface area contributed by atoms with Crippen LogP contribution in [0.5, 0.6) is 0 Å². The van der Waals surface area contributed by atoms with Crippen molar-refractivity contribution in [2.24, 2.45) is 10.9 Å². The highest BCUT2D eigenvalue weighted by Gasteiger charge is 2.15. The van der Waals surface area contributed by atoms with Crippen LogP contribution in [-0.2, 0) is 4.74 Å². The molecule has 1 atom stereocenters. The van der Waals surface area contributed by atoms with Crippen molar-refractivity contribution >= 4 is 16.9 Å². The smallest absolute Gasteiger partial charge is 0.156 e. The summed E-state index contributed by atoms with van der Waals surface area (Å²) in [5, 5.41) is 4.55. The van der Waals surface area contributed by atoms with Gasteiger partial charge in [-0.2, -0.15) is 0 Å². The molecule has 0 amide bonds. The van der Waals surface area contributed by atoms with Gasteiger partial charge in [0.15, 0.2) is 5.17 Å². The van der Waals surface area contributed by atoms with E-state index in [0.29, 0.717) is 0 Å². The van der Waals surface area contributed by atoms with Crippen LogP contribution in [-0.4, -0.2) is 37.2 Å². The van der Waals surface area contributed by atoms with E-state index in [2.05, 4.69) is 10.3 Å². The summed E-state index contributed by atoms with van der Waals surface area (Å²) in [6, 6.07) is 0. The first-order chi connectivity index (χ1) is 6.95. The zero-order valence-corrected chi connectivity index (χ0v) is 9.31. The Bertz CT molecular complexity index is 202. The molecule has 80 valence electrons. The second kappa shape index (κ2) is 5.61. The van der Waals surface area contributed by atoms with E-state index in [-0.39, 0.29) is 0 Å². The van der Waals surface area contributed by atoms with Crippen molar-refractivity contribution in [1.29, 1.82) is 0 Å². The molecule has 2 aliphatic heterocycles. The Kier molecular flexibility index (Phi) is 4.13. The van der Waals surface area contributed by atoms with E-state index >= 15 is 0 Å². The van der Waals surface area contributed by atoms with Crippen LogP contribution in [0.3, 0.4) is 0 Å². The van der Waals surface area contributed by atoms with Gasteiger partial charge < -0.3 is 10.1 Å². The van der Waals surface area contributed by atoms with Crippen LogP contribution in [0.1, 0.15) is 19.3 Å². The first-order valence-electron chi connectivity index (χ1n) is 5.44. The number of thioether (sulfide) groups is 1. The van der Waals surface area contributed by atoms with Crippen molar-refractivity contribution in [3.05, 3.63) is 0 Å². The van der Waals surface area contributed by atoms with Crippen molar-refractivity contribution < 1.29 is 4.74 Å². The number of amidine groups is 1. The van der Waals surface area contributed by atoms with E-state index in [0.717, 1.165) is 37.4 Å². The van der Waals surface area contributed by atoms with E-state index in [1.807, 2.05) is 11.8 Å². The molecule has 14 heavy (non-hydrogen) atoms. The minimum absolute atomic E-state index is 0.775. The fourth-order valence-corrected chi connectivity index (χ4v) is 2.61. The molecule has 3 nitrogen and oxygen atoms in total. The highest BCUT2D eigenvalue weighted by molar-refractivity contribution is 8.13. The predicted octanol–water partition coefficient (Wildman–Crippen LogP) is 1.50. The average molecular weight is 214 g/mol. The first-order valence-corrected chi connectivity index (χ1v) is 6.42. The summed E-state index contributed by atoms with van der Waals surface area (Å²) in [7, 11) is 0. The molecule has 0 aromatic rings. The lowest BCUT2D eigenvalue weighted by molar-refractivity contribution is 0.184. The van der Waals surface area contributed by atoms with E-state index < -0.39 is 0 Å². The molecule has 0 saturated carbocycles. The number of nitrogens with one attached hydrogen (secondary N) is 1. The molecule has 0 spiro atoms. The summed E-state index contributed by atoms with van der Waals surface area (Å²) in [4.78, 5) is 4.43. The van der Waals surface area contributed by atoms with Crippen molar-refractivity contribution in [2.75, 3.05) is 32.1 Å². The molecule has 2 rings (SSSR count). The molecule has 2 aliphatic rings. The summed E-state index contributed by atoms with van der Waals surface area (Å²) in [6.45, 7) is 3.98. The minimum Gasteiger partial charge on any atom is -0.381 e. The largest absolute Gasteiger partial charge is 0.381 e. The van der Waals surface area contributed by atoms with Crippen LogP contribution >= 0.6 is 11.8 Å². The summed E-state index contributed by atoms with van der Waals surface area (Å²) in [5.41, 5.74) is 0. The van der Waals surface area contributed by atoms with Crippen LogP contribution in [0.2, 0.25) is 0 Å². The van der Waals surface area contributed by atoms with Gasteiger partial charge in [0, 0.05) is 32.1 Å². The zero-order valence-electron chi connectivity index (χ0n) is 8.50. The Labute approximate surface area is 89.7 Å². The lowest BCUT2D eigenvalue weighted by atomic mass is 10.1. The summed E-state index contributed by atoms with van der Waals surface area (Å²) >= 11 is 1.85. The normalized spacial score (nSPS) is 27.4. The second-order valence-corrected chi connectivity index (χ2v) is 4.92. The van der Waals surface area contributed by atoms with E-state index in [1.54, 1.807) is 0 Å². The number of hydrogen-bond donors (Lipinski definition) is 1. The van der Waals surface area contributed by atoms with Crippen molar-refractivity contribution in [3.63, 3.8) is 0 Å². The molecule has 0 bridgehead atoms. The Balaban J connectivity index is 1.59. The maximum Gasteiger partial charge on any atom is 0.156 e. The third-order valence-electron chi connectivity index (χ3n) is 2.65. The molecular weight excluding hydrogens is 196 g/mol. The van der Waals surface area contributed by atoms with Gasteiger partial charge in [0.1, 0.15) is 0 Å². The molecular formula is C10H18N2OS. The summed E-state index contributed by atoms with van der Waals surface area (Å²) in [5.74, 6) is 2.00. The van der Waals surface area contributed by atoms with Crippen molar-refractivity contribution in [3.8, 4) is 0 Å². The third kappa shape index (κ3) is 3.17. The SMILES string of the molecule is C1CN=C(NCCC2CCOC2)SC1. The number of rotatable bonds is 3. The van der Waals surface area contributed by atoms with Gasteiger partial charge in [0.05, 0.1) is 0 Å². The quantitative estimate of drug-likeness (QED) is 0.773. The van der Waals surface area contributed by atoms with Gasteiger partial charge >= 0.3 is 0 Å². The van der Waals surface area contributed by atoms with Crippen molar-refractivity contribution in [2.45, 2.75) is 19.3 Å². The zero-order chi connectivity index (χ0) is 9.64. The molecule has 4 heteroatoms. The van der Waals surface area contributed by atoms with Gasteiger partial charge in [0.2, 0.25) is 0 Å². The lowest BCUT2D eigenvalue weighted by Crippen LogP contribution is -2.26.